The first-order valence-corrected chi connectivity index (χ1v) is 8.17. The molecule has 0 bridgehead atoms. The maximum Gasteiger partial charge on any atom is 0.356 e. The van der Waals surface area contributed by atoms with E-state index in [1.165, 1.54) is 6.20 Å². The highest BCUT2D eigenvalue weighted by atomic mass is 35.5. The van der Waals surface area contributed by atoms with E-state index in [1.54, 1.807) is 29.2 Å². The molecule has 0 atom stereocenters. The van der Waals surface area contributed by atoms with Crippen molar-refractivity contribution in [1.29, 1.82) is 0 Å². The van der Waals surface area contributed by atoms with Crippen molar-refractivity contribution in [3.63, 3.8) is 0 Å². The molecule has 1 aromatic heterocycles. The van der Waals surface area contributed by atoms with Gasteiger partial charge in [0, 0.05) is 43.1 Å². The van der Waals surface area contributed by atoms with Gasteiger partial charge >= 0.3 is 5.97 Å². The second kappa shape index (κ2) is 7.01. The number of carboxylic acid groups (broad SMARTS) is 1. The fourth-order valence-electron chi connectivity index (χ4n) is 2.73. The molecule has 1 saturated heterocycles. The number of hydrogen-bond donors (Lipinski definition) is 1. The van der Waals surface area contributed by atoms with E-state index in [0.29, 0.717) is 10.7 Å². The fraction of sp³-hybridized carbons (Fsp3) is 0.353. The number of rotatable bonds is 4. The van der Waals surface area contributed by atoms with Crippen LogP contribution >= 0.6 is 11.6 Å². The highest BCUT2D eigenvalue weighted by molar-refractivity contribution is 6.30. The number of carboxylic acids is 1. The van der Waals surface area contributed by atoms with Crippen LogP contribution < -0.4 is 0 Å². The minimum Gasteiger partial charge on any atom is -0.476 e. The lowest BCUT2D eigenvalue weighted by Gasteiger charge is -2.31. The molecule has 0 spiro atoms. The minimum atomic E-state index is -2.65. The number of aromatic carboxylic acids is 1. The third-order valence-electron chi connectivity index (χ3n) is 4.15. The average molecular weight is 368 g/mol. The predicted molar refractivity (Wildman–Crippen MR) is 88.9 cm³/mol. The summed E-state index contributed by atoms with van der Waals surface area (Å²) in [6.45, 7) is 0.559. The maximum absolute atomic E-state index is 13.3. The summed E-state index contributed by atoms with van der Waals surface area (Å²) in [5.74, 6) is -3.84. The molecule has 132 valence electrons. The molecule has 1 aromatic carbocycles. The number of alkyl halides is 2. The number of carbonyl (C=O) groups is 1. The largest absolute Gasteiger partial charge is 0.476 e. The minimum absolute atomic E-state index is 0.157. The van der Waals surface area contributed by atoms with Gasteiger partial charge in [-0.1, -0.05) is 23.7 Å². The first kappa shape index (κ1) is 17.7. The number of benzene rings is 1. The van der Waals surface area contributed by atoms with Gasteiger partial charge in [-0.05, 0) is 12.1 Å². The molecule has 0 radical (unpaired) electrons. The van der Waals surface area contributed by atoms with Crippen molar-refractivity contribution in [2.24, 2.45) is 0 Å². The van der Waals surface area contributed by atoms with Gasteiger partial charge in [-0.3, -0.25) is 4.90 Å². The van der Waals surface area contributed by atoms with E-state index >= 15 is 0 Å². The summed E-state index contributed by atoms with van der Waals surface area (Å²) in [6.07, 6.45) is 0.917. The Morgan fingerprint density at radius 3 is 2.48 bits per heavy atom. The van der Waals surface area contributed by atoms with Crippen molar-refractivity contribution in [3.05, 3.63) is 46.9 Å². The van der Waals surface area contributed by atoms with Crippen molar-refractivity contribution in [2.75, 3.05) is 13.1 Å². The SMILES string of the molecule is O=C(O)c1ncc(-c2ccc(Cl)cc2)nc1CN1CCC(F)(F)CC1. The molecule has 25 heavy (non-hydrogen) atoms. The van der Waals surface area contributed by atoms with Gasteiger partial charge in [0.15, 0.2) is 5.69 Å². The van der Waals surface area contributed by atoms with Gasteiger partial charge in [-0.2, -0.15) is 0 Å². The van der Waals surface area contributed by atoms with E-state index in [9.17, 15) is 18.7 Å². The number of piperidine rings is 1. The number of nitrogens with zero attached hydrogens (tertiary/aromatic N) is 3. The summed E-state index contributed by atoms with van der Waals surface area (Å²) in [6, 6.07) is 6.93. The summed E-state index contributed by atoms with van der Waals surface area (Å²) < 4.78 is 26.6. The second-order valence-corrected chi connectivity index (χ2v) is 6.43. The zero-order chi connectivity index (χ0) is 18.0. The normalized spacial score (nSPS) is 17.4. The van der Waals surface area contributed by atoms with Gasteiger partial charge in [0.1, 0.15) is 0 Å². The Labute approximate surface area is 148 Å². The van der Waals surface area contributed by atoms with Crippen LogP contribution in [0, 0.1) is 0 Å². The topological polar surface area (TPSA) is 66.3 Å². The highest BCUT2D eigenvalue weighted by Crippen LogP contribution is 2.28. The third kappa shape index (κ3) is 4.29. The van der Waals surface area contributed by atoms with Crippen LogP contribution in [0.1, 0.15) is 29.0 Å². The van der Waals surface area contributed by atoms with Gasteiger partial charge in [0.25, 0.3) is 5.92 Å². The Morgan fingerprint density at radius 1 is 1.24 bits per heavy atom. The molecule has 0 amide bonds. The highest BCUT2D eigenvalue weighted by Gasteiger charge is 2.34. The van der Waals surface area contributed by atoms with Crippen molar-refractivity contribution in [2.45, 2.75) is 25.3 Å². The summed E-state index contributed by atoms with van der Waals surface area (Å²) in [4.78, 5) is 21.6. The molecule has 2 aromatic rings. The van der Waals surface area contributed by atoms with Crippen molar-refractivity contribution in [1.82, 2.24) is 14.9 Å². The Kier molecular flexibility index (Phi) is 4.96. The summed E-state index contributed by atoms with van der Waals surface area (Å²) >= 11 is 5.87. The van der Waals surface area contributed by atoms with Crippen LogP contribution in [0.4, 0.5) is 8.78 Å². The molecule has 3 rings (SSSR count). The summed E-state index contributed by atoms with van der Waals surface area (Å²) in [5, 5.41) is 9.89. The fourth-order valence-corrected chi connectivity index (χ4v) is 2.85. The predicted octanol–water partition coefficient (Wildman–Crippen LogP) is 3.73. The molecule has 0 saturated carbocycles. The molecule has 0 unspecified atom stereocenters. The lowest BCUT2D eigenvalue weighted by Crippen LogP contribution is -2.39. The van der Waals surface area contributed by atoms with Gasteiger partial charge in [-0.15, -0.1) is 0 Å². The van der Waals surface area contributed by atoms with Gasteiger partial charge in [-0.25, -0.2) is 23.5 Å². The zero-order valence-corrected chi connectivity index (χ0v) is 14.0. The van der Waals surface area contributed by atoms with Crippen molar-refractivity contribution in [3.8, 4) is 11.3 Å². The molecule has 2 heterocycles. The molecule has 8 heteroatoms. The first-order chi connectivity index (χ1) is 11.8. The lowest BCUT2D eigenvalue weighted by molar-refractivity contribution is -0.0569. The lowest BCUT2D eigenvalue weighted by atomic mass is 10.1. The van der Waals surface area contributed by atoms with E-state index < -0.39 is 11.9 Å². The molecule has 1 aliphatic rings. The van der Waals surface area contributed by atoms with Crippen LogP contribution in [0.3, 0.4) is 0 Å². The molecule has 5 nitrogen and oxygen atoms in total. The number of likely N-dealkylation sites (tertiary alicyclic amines) is 1. The molecule has 1 N–H and O–H groups in total. The Balaban J connectivity index is 1.86. The summed E-state index contributed by atoms with van der Waals surface area (Å²) in [5.41, 5.74) is 1.37. The quantitative estimate of drug-likeness (QED) is 0.892. The Morgan fingerprint density at radius 2 is 1.88 bits per heavy atom. The second-order valence-electron chi connectivity index (χ2n) is 5.99. The van der Waals surface area contributed by atoms with Gasteiger partial charge in [0.2, 0.25) is 0 Å². The molecule has 0 aliphatic carbocycles. The van der Waals surface area contributed by atoms with Crippen LogP contribution in [0.2, 0.25) is 5.02 Å². The Hall–Kier alpha value is -2.12. The van der Waals surface area contributed by atoms with E-state index in [0.717, 1.165) is 5.56 Å². The first-order valence-electron chi connectivity index (χ1n) is 7.79. The van der Waals surface area contributed by atoms with Gasteiger partial charge in [0.05, 0.1) is 17.6 Å². The van der Waals surface area contributed by atoms with Crippen LogP contribution in [0.15, 0.2) is 30.5 Å². The zero-order valence-electron chi connectivity index (χ0n) is 13.3. The van der Waals surface area contributed by atoms with Crippen LogP contribution in [-0.4, -0.2) is 45.0 Å². The third-order valence-corrected chi connectivity index (χ3v) is 4.40. The van der Waals surface area contributed by atoms with E-state index in [1.807, 2.05) is 0 Å². The van der Waals surface area contributed by atoms with E-state index in [-0.39, 0.29) is 43.9 Å². The van der Waals surface area contributed by atoms with Crippen molar-refractivity contribution >= 4 is 17.6 Å². The summed E-state index contributed by atoms with van der Waals surface area (Å²) in [7, 11) is 0. The number of halogens is 3. The van der Waals surface area contributed by atoms with Crippen LogP contribution in [0.25, 0.3) is 11.3 Å². The molecular weight excluding hydrogens is 352 g/mol. The maximum atomic E-state index is 13.3. The van der Waals surface area contributed by atoms with Crippen LogP contribution in [0.5, 0.6) is 0 Å². The van der Waals surface area contributed by atoms with E-state index in [2.05, 4.69) is 9.97 Å². The smallest absolute Gasteiger partial charge is 0.356 e. The standard InChI is InChI=1S/C17H16ClF2N3O2/c18-12-3-1-11(2-4-12)13-9-21-15(16(24)25)14(22-13)10-23-7-5-17(19,20)6-8-23/h1-4,9H,5-8,10H2,(H,24,25). The molecule has 1 fully saturated rings. The average Bonchev–Trinajstić information content (AvgIpc) is 2.57. The van der Waals surface area contributed by atoms with Gasteiger partial charge < -0.3 is 5.11 Å². The molecular formula is C17H16ClF2N3O2. The number of aromatic nitrogens is 2. The number of hydrogen-bond acceptors (Lipinski definition) is 4. The van der Waals surface area contributed by atoms with Crippen LogP contribution in [-0.2, 0) is 6.54 Å². The van der Waals surface area contributed by atoms with E-state index in [4.69, 9.17) is 11.6 Å². The van der Waals surface area contributed by atoms with Crippen molar-refractivity contribution < 1.29 is 18.7 Å². The molecule has 1 aliphatic heterocycles. The Bertz CT molecular complexity index is 774. The monoisotopic (exact) mass is 367 g/mol.